The van der Waals surface area contributed by atoms with Crippen molar-refractivity contribution < 1.29 is 0 Å². The molecule has 0 aromatic carbocycles. The summed E-state index contributed by atoms with van der Waals surface area (Å²) in [6, 6.07) is 0. The van der Waals surface area contributed by atoms with Crippen LogP contribution in [0.5, 0.6) is 0 Å². The summed E-state index contributed by atoms with van der Waals surface area (Å²) in [7, 11) is 0. The van der Waals surface area contributed by atoms with Crippen LogP contribution in [0, 0.1) is 0 Å². The number of hydrogen-bond donors (Lipinski definition) is 0. The van der Waals surface area contributed by atoms with E-state index in [2.05, 4.69) is 53.9 Å². The molecule has 0 amide bonds. The Bertz CT molecular complexity index is 144. The second-order valence-corrected chi connectivity index (χ2v) is 38.4. The van der Waals surface area contributed by atoms with Crippen molar-refractivity contribution in [2.45, 2.75) is 65.0 Å². The summed E-state index contributed by atoms with van der Waals surface area (Å²) in [4.78, 5) is 0. The molecule has 0 bridgehead atoms. The van der Waals surface area contributed by atoms with Crippen molar-refractivity contribution in [3.8, 4) is 0 Å². The van der Waals surface area contributed by atoms with E-state index in [1.165, 1.54) is 0 Å². The van der Waals surface area contributed by atoms with Crippen molar-refractivity contribution in [1.29, 1.82) is 0 Å². The summed E-state index contributed by atoms with van der Waals surface area (Å²) < 4.78 is 0. The Morgan fingerprint density at radius 3 is 1.08 bits per heavy atom. The molecule has 0 unspecified atom stereocenters. The normalized spacial score (nSPS) is 14.3. The molecule has 0 atom stereocenters. The summed E-state index contributed by atoms with van der Waals surface area (Å²) in [5.41, 5.74) is 0.427. The molecule has 0 nitrogen and oxygen atoms in total. The predicted octanol–water partition coefficient (Wildman–Crippen LogP) is 3.92. The van der Waals surface area contributed by atoms with Crippen LogP contribution in [-0.2, 0) is 0 Å². The third-order valence-corrected chi connectivity index (χ3v) is 48.2. The Kier molecular flexibility index (Phi) is 5.29. The fourth-order valence-electron chi connectivity index (χ4n) is 0.914. The van der Waals surface area contributed by atoms with Gasteiger partial charge in [-0.3, -0.25) is 0 Å². The monoisotopic (exact) mass is 332 g/mol. The van der Waals surface area contributed by atoms with Crippen molar-refractivity contribution in [3.05, 3.63) is 0 Å². The summed E-state index contributed by atoms with van der Waals surface area (Å²) in [5.74, 6) is 0. The zero-order valence-electron chi connectivity index (χ0n) is 10.6. The van der Waals surface area contributed by atoms with Crippen LogP contribution in [-0.4, -0.2) is 30.6 Å². The molecule has 0 aliphatic heterocycles. The van der Waals surface area contributed by atoms with E-state index in [9.17, 15) is 0 Å². The molecule has 3 heteroatoms. The van der Waals surface area contributed by atoms with Crippen LogP contribution < -0.4 is 0 Å². The van der Waals surface area contributed by atoms with E-state index in [1.54, 1.807) is 0 Å². The quantitative estimate of drug-likeness (QED) is 0.686. The molecule has 80 valence electrons. The summed E-state index contributed by atoms with van der Waals surface area (Å²) in [6.07, 6.45) is 0. The van der Waals surface area contributed by atoms with E-state index in [0.29, 0.717) is 19.3 Å². The Balaban J connectivity index is 4.42. The van der Waals surface area contributed by atoms with Crippen LogP contribution in [0.2, 0.25) is 37.3 Å². The standard InChI is InChI=1S/C10H26Si2Te/c1-9(2)11(5,6)13-12(7,8)10(3)4/h9-10H,1-8H3. The maximum absolute atomic E-state index is 2.62. The SMILES string of the molecule is CC(C)[Si](C)(C)[Te][Si](C)(C)C(C)C. The number of hydrogen-bond acceptors (Lipinski definition) is 0. The van der Waals surface area contributed by atoms with Crippen LogP contribution >= 0.6 is 0 Å². The van der Waals surface area contributed by atoms with Gasteiger partial charge in [-0.25, -0.2) is 0 Å². The Labute approximate surface area is 95.2 Å². The van der Waals surface area contributed by atoms with Crippen LogP contribution in [0.4, 0.5) is 0 Å². The Morgan fingerprint density at radius 1 is 0.692 bits per heavy atom. The van der Waals surface area contributed by atoms with Crippen molar-refractivity contribution in [2.24, 2.45) is 0 Å². The fourth-order valence-corrected chi connectivity index (χ4v) is 55.2. The van der Waals surface area contributed by atoms with Gasteiger partial charge >= 0.3 is 95.6 Å². The van der Waals surface area contributed by atoms with Gasteiger partial charge in [0.1, 0.15) is 0 Å². The first kappa shape index (κ1) is 14.2. The average Bonchev–Trinajstić information content (AvgIpc) is 1.83. The van der Waals surface area contributed by atoms with E-state index >= 15 is 0 Å². The molecular weight excluding hydrogens is 304 g/mol. The summed E-state index contributed by atoms with van der Waals surface area (Å²) in [6.45, 7) is 20.3. The predicted molar refractivity (Wildman–Crippen MR) is 70.9 cm³/mol. The molecule has 0 aromatic rings. The zero-order valence-corrected chi connectivity index (χ0v) is 14.9. The van der Waals surface area contributed by atoms with Gasteiger partial charge in [-0.1, -0.05) is 0 Å². The molecule has 0 aliphatic carbocycles. The Morgan fingerprint density at radius 2 is 0.923 bits per heavy atom. The molecule has 0 spiro atoms. The van der Waals surface area contributed by atoms with Crippen LogP contribution in [0.25, 0.3) is 0 Å². The van der Waals surface area contributed by atoms with E-state index in [-0.39, 0.29) is 0 Å². The molecule has 0 aromatic heterocycles. The first-order valence-electron chi connectivity index (χ1n) is 5.29. The van der Waals surface area contributed by atoms with Crippen LogP contribution in [0.3, 0.4) is 0 Å². The van der Waals surface area contributed by atoms with E-state index in [0.717, 1.165) is 11.1 Å². The van der Waals surface area contributed by atoms with Gasteiger partial charge in [0.05, 0.1) is 0 Å². The second-order valence-electron chi connectivity index (χ2n) is 5.62. The number of rotatable bonds is 4. The van der Waals surface area contributed by atoms with Gasteiger partial charge < -0.3 is 0 Å². The average molecular weight is 330 g/mol. The molecule has 0 N–H and O–H groups in total. The van der Waals surface area contributed by atoms with E-state index in [4.69, 9.17) is 0 Å². The van der Waals surface area contributed by atoms with Gasteiger partial charge in [0.25, 0.3) is 0 Å². The maximum atomic E-state index is 2.62. The summed E-state index contributed by atoms with van der Waals surface area (Å²) in [5, 5.41) is 0. The van der Waals surface area contributed by atoms with Crippen molar-refractivity contribution >= 4 is 30.6 Å². The zero-order chi connectivity index (χ0) is 10.9. The fraction of sp³-hybridized carbons (Fsp3) is 1.00. The molecule has 0 saturated heterocycles. The Hall–Kier alpha value is 1.22. The third-order valence-electron chi connectivity index (χ3n) is 3.31. The van der Waals surface area contributed by atoms with Gasteiger partial charge in [0.15, 0.2) is 0 Å². The van der Waals surface area contributed by atoms with Gasteiger partial charge in [-0.05, 0) is 0 Å². The molecule has 0 heterocycles. The van der Waals surface area contributed by atoms with Crippen LogP contribution in [0.15, 0.2) is 0 Å². The minimum absolute atomic E-state index is 0.336. The molecule has 0 radical (unpaired) electrons. The third kappa shape index (κ3) is 4.51. The topological polar surface area (TPSA) is 0 Å². The van der Waals surface area contributed by atoms with Crippen molar-refractivity contribution in [1.82, 2.24) is 0 Å². The molecule has 0 rings (SSSR count). The van der Waals surface area contributed by atoms with E-state index in [1.807, 2.05) is 0 Å². The van der Waals surface area contributed by atoms with Gasteiger partial charge in [0.2, 0.25) is 0 Å². The van der Waals surface area contributed by atoms with Crippen LogP contribution in [0.1, 0.15) is 27.7 Å². The van der Waals surface area contributed by atoms with E-state index < -0.39 is 11.2 Å². The first-order valence-corrected chi connectivity index (χ1v) is 18.3. The first-order chi connectivity index (χ1) is 5.59. The van der Waals surface area contributed by atoms with Gasteiger partial charge in [0, 0.05) is 0 Å². The van der Waals surface area contributed by atoms with Crippen molar-refractivity contribution in [2.75, 3.05) is 0 Å². The molecule has 13 heavy (non-hydrogen) atoms. The van der Waals surface area contributed by atoms with Crippen molar-refractivity contribution in [3.63, 3.8) is 0 Å². The molecule has 0 aliphatic rings. The van der Waals surface area contributed by atoms with Gasteiger partial charge in [-0.15, -0.1) is 0 Å². The molecule has 0 fully saturated rings. The molecular formula is C10H26Si2Te. The minimum atomic E-state index is -0.787. The second kappa shape index (κ2) is 4.83. The summed E-state index contributed by atoms with van der Waals surface area (Å²) >= 11 is 0.336. The molecule has 0 saturated carbocycles. The van der Waals surface area contributed by atoms with Gasteiger partial charge in [-0.2, -0.15) is 0 Å².